The van der Waals surface area contributed by atoms with E-state index < -0.39 is 11.9 Å². The highest BCUT2D eigenvalue weighted by Gasteiger charge is 2.22. The molecule has 0 spiro atoms. The molecule has 0 radical (unpaired) electrons. The molecule has 0 atom stereocenters. The van der Waals surface area contributed by atoms with Crippen LogP contribution in [0, 0.1) is 0 Å². The lowest BCUT2D eigenvalue weighted by Gasteiger charge is -2.08. The Morgan fingerprint density at radius 3 is 2.73 bits per heavy atom. The normalized spacial score (nSPS) is 12.5. The average Bonchev–Trinajstić information content (AvgIpc) is 3.15. The molecule has 2 aromatic rings. The molecule has 7 heteroatoms. The molecule has 0 saturated carbocycles. The largest absolute Gasteiger partial charge is 0.464 e. The van der Waals surface area contributed by atoms with Crippen LogP contribution >= 0.6 is 0 Å². The van der Waals surface area contributed by atoms with Crippen LogP contribution in [0.2, 0.25) is 0 Å². The molecule has 3 rings (SSSR count). The molecule has 22 heavy (non-hydrogen) atoms. The van der Waals surface area contributed by atoms with Gasteiger partial charge in [-0.2, -0.15) is 0 Å². The van der Waals surface area contributed by atoms with Gasteiger partial charge >= 0.3 is 5.97 Å². The number of carbonyl (C=O) groups is 3. The second-order valence-electron chi connectivity index (χ2n) is 4.75. The summed E-state index contributed by atoms with van der Waals surface area (Å²) in [6.45, 7) is 0.378. The second kappa shape index (κ2) is 5.36. The number of fused-ring (bicyclic) bond motifs is 1. The number of benzene rings is 1. The van der Waals surface area contributed by atoms with Gasteiger partial charge in [0.2, 0.25) is 0 Å². The van der Waals surface area contributed by atoms with Gasteiger partial charge in [0.15, 0.2) is 0 Å². The topological polar surface area (TPSA) is 100 Å². The molecule has 1 aromatic carbocycles. The number of anilines is 1. The zero-order valence-corrected chi connectivity index (χ0v) is 11.7. The molecule has 0 fully saturated rings. The SMILES string of the molecule is COC(=O)c1ccc(C(=O)Nc2cccc3c2CNC3=O)[nH]1. The number of hydrogen-bond donors (Lipinski definition) is 3. The molecule has 1 aromatic heterocycles. The molecular weight excluding hydrogens is 286 g/mol. The lowest BCUT2D eigenvalue weighted by Crippen LogP contribution is -2.14. The molecule has 7 nitrogen and oxygen atoms in total. The number of aromatic nitrogens is 1. The van der Waals surface area contributed by atoms with Gasteiger partial charge in [-0.3, -0.25) is 9.59 Å². The molecule has 1 aliphatic rings. The van der Waals surface area contributed by atoms with E-state index in [-0.39, 0.29) is 17.3 Å². The standard InChI is InChI=1S/C15H13N3O4/c1-22-15(21)12-6-5-11(17-12)14(20)18-10-4-2-3-8-9(10)7-16-13(8)19/h2-6,17H,7H2,1H3,(H,16,19)(H,18,20). The molecule has 1 aliphatic heterocycles. The highest BCUT2D eigenvalue weighted by Crippen LogP contribution is 2.24. The van der Waals surface area contributed by atoms with E-state index in [0.29, 0.717) is 17.8 Å². The summed E-state index contributed by atoms with van der Waals surface area (Å²) in [5.41, 5.74) is 2.30. The van der Waals surface area contributed by atoms with E-state index in [2.05, 4.69) is 20.4 Å². The zero-order valence-electron chi connectivity index (χ0n) is 11.7. The number of H-pyrrole nitrogens is 1. The molecule has 0 unspecified atom stereocenters. The number of methoxy groups -OCH3 is 1. The summed E-state index contributed by atoms with van der Waals surface area (Å²) < 4.78 is 4.57. The number of ether oxygens (including phenoxy) is 1. The fourth-order valence-electron chi connectivity index (χ4n) is 2.32. The molecule has 0 aliphatic carbocycles. The highest BCUT2D eigenvalue weighted by molar-refractivity contribution is 6.06. The Morgan fingerprint density at radius 2 is 1.95 bits per heavy atom. The molecule has 2 heterocycles. The molecule has 0 bridgehead atoms. The maximum Gasteiger partial charge on any atom is 0.354 e. The number of carbonyl (C=O) groups excluding carboxylic acids is 3. The van der Waals surface area contributed by atoms with Gasteiger partial charge in [-0.25, -0.2) is 4.79 Å². The molecule has 112 valence electrons. The molecule has 3 N–H and O–H groups in total. The van der Waals surface area contributed by atoms with E-state index in [1.807, 2.05) is 0 Å². The van der Waals surface area contributed by atoms with E-state index in [0.717, 1.165) is 5.56 Å². The monoisotopic (exact) mass is 299 g/mol. The minimum absolute atomic E-state index is 0.154. The number of nitrogens with one attached hydrogen (secondary N) is 3. The third-order valence-electron chi connectivity index (χ3n) is 3.43. The van der Waals surface area contributed by atoms with Crippen LogP contribution in [0.4, 0.5) is 5.69 Å². The Kier molecular flexibility index (Phi) is 3.38. The van der Waals surface area contributed by atoms with Crippen molar-refractivity contribution in [2.24, 2.45) is 0 Å². The average molecular weight is 299 g/mol. The van der Waals surface area contributed by atoms with Crippen molar-refractivity contribution in [1.82, 2.24) is 10.3 Å². The van der Waals surface area contributed by atoms with Gasteiger partial charge < -0.3 is 20.4 Å². The van der Waals surface area contributed by atoms with E-state index in [4.69, 9.17) is 0 Å². The molecule has 0 saturated heterocycles. The highest BCUT2D eigenvalue weighted by atomic mass is 16.5. The number of esters is 1. The lowest BCUT2D eigenvalue weighted by atomic mass is 10.1. The van der Waals surface area contributed by atoms with E-state index in [1.165, 1.54) is 19.2 Å². The van der Waals surface area contributed by atoms with Crippen molar-refractivity contribution < 1.29 is 19.1 Å². The van der Waals surface area contributed by atoms with Crippen LogP contribution in [0.1, 0.15) is 36.9 Å². The van der Waals surface area contributed by atoms with Crippen LogP contribution in [-0.2, 0) is 11.3 Å². The summed E-state index contributed by atoms with van der Waals surface area (Å²) >= 11 is 0. The Bertz CT molecular complexity index is 779. The number of hydrogen-bond acceptors (Lipinski definition) is 4. The van der Waals surface area contributed by atoms with Crippen molar-refractivity contribution >= 4 is 23.5 Å². The minimum Gasteiger partial charge on any atom is -0.464 e. The van der Waals surface area contributed by atoms with E-state index in [9.17, 15) is 14.4 Å². The van der Waals surface area contributed by atoms with Gasteiger partial charge in [0, 0.05) is 23.4 Å². The third-order valence-corrected chi connectivity index (χ3v) is 3.43. The van der Waals surface area contributed by atoms with Gasteiger partial charge in [0.05, 0.1) is 7.11 Å². The summed E-state index contributed by atoms with van der Waals surface area (Å²) in [4.78, 5) is 37.9. The maximum absolute atomic E-state index is 12.2. The first-order chi connectivity index (χ1) is 10.6. The second-order valence-corrected chi connectivity index (χ2v) is 4.75. The summed E-state index contributed by atoms with van der Waals surface area (Å²) in [6, 6.07) is 8.10. The minimum atomic E-state index is -0.547. The van der Waals surface area contributed by atoms with Crippen LogP contribution in [0.25, 0.3) is 0 Å². The lowest BCUT2D eigenvalue weighted by molar-refractivity contribution is 0.0594. The summed E-state index contributed by atoms with van der Waals surface area (Å²) in [5.74, 6) is -1.10. The van der Waals surface area contributed by atoms with Gasteiger partial charge in [-0.1, -0.05) is 6.07 Å². The van der Waals surface area contributed by atoms with E-state index in [1.54, 1.807) is 18.2 Å². The van der Waals surface area contributed by atoms with Crippen LogP contribution in [0.5, 0.6) is 0 Å². The third kappa shape index (κ3) is 2.32. The van der Waals surface area contributed by atoms with Gasteiger partial charge in [-0.15, -0.1) is 0 Å². The smallest absolute Gasteiger partial charge is 0.354 e. The molecular formula is C15H13N3O4. The van der Waals surface area contributed by atoms with Crippen LogP contribution in [0.3, 0.4) is 0 Å². The summed E-state index contributed by atoms with van der Waals surface area (Å²) in [5, 5.41) is 5.44. The van der Waals surface area contributed by atoms with Gasteiger partial charge in [0.1, 0.15) is 11.4 Å². The van der Waals surface area contributed by atoms with Crippen molar-refractivity contribution in [3.63, 3.8) is 0 Å². The predicted octanol–water partition coefficient (Wildman–Crippen LogP) is 1.30. The van der Waals surface area contributed by atoms with Crippen molar-refractivity contribution in [1.29, 1.82) is 0 Å². The maximum atomic E-state index is 12.2. The predicted molar refractivity (Wildman–Crippen MR) is 77.7 cm³/mol. The Balaban J connectivity index is 1.82. The number of amides is 2. The van der Waals surface area contributed by atoms with Crippen LogP contribution in [-0.4, -0.2) is 29.9 Å². The first kappa shape index (κ1) is 13.9. The van der Waals surface area contributed by atoms with Crippen molar-refractivity contribution in [2.45, 2.75) is 6.54 Å². The summed E-state index contributed by atoms with van der Waals surface area (Å²) in [6.07, 6.45) is 0. The number of rotatable bonds is 3. The first-order valence-electron chi connectivity index (χ1n) is 6.59. The van der Waals surface area contributed by atoms with Gasteiger partial charge in [-0.05, 0) is 24.3 Å². The quantitative estimate of drug-likeness (QED) is 0.744. The van der Waals surface area contributed by atoms with Crippen molar-refractivity contribution in [3.8, 4) is 0 Å². The summed E-state index contributed by atoms with van der Waals surface area (Å²) in [7, 11) is 1.26. The van der Waals surface area contributed by atoms with Crippen molar-refractivity contribution in [2.75, 3.05) is 12.4 Å². The Morgan fingerprint density at radius 1 is 1.18 bits per heavy atom. The number of aromatic amines is 1. The van der Waals surface area contributed by atoms with Crippen LogP contribution in [0.15, 0.2) is 30.3 Å². The Labute approximate surface area is 125 Å². The molecule has 2 amide bonds. The first-order valence-corrected chi connectivity index (χ1v) is 6.59. The van der Waals surface area contributed by atoms with Crippen molar-refractivity contribution in [3.05, 3.63) is 52.8 Å². The Hall–Kier alpha value is -3.09. The van der Waals surface area contributed by atoms with Crippen LogP contribution < -0.4 is 10.6 Å². The fraction of sp³-hybridized carbons (Fsp3) is 0.133. The van der Waals surface area contributed by atoms with E-state index >= 15 is 0 Å². The zero-order chi connectivity index (χ0) is 15.7. The van der Waals surface area contributed by atoms with Gasteiger partial charge in [0.25, 0.3) is 11.8 Å². The fourth-order valence-corrected chi connectivity index (χ4v) is 2.32.